The number of carbonyl (C=O) groups is 2. The first kappa shape index (κ1) is 23.5. The Hall–Kier alpha value is -3.64. The molecule has 0 heterocycles. The number of ether oxygens (including phenoxy) is 1. The van der Waals surface area contributed by atoms with Crippen LogP contribution in [0.1, 0.15) is 41.6 Å². The van der Waals surface area contributed by atoms with Gasteiger partial charge in [-0.25, -0.2) is 0 Å². The van der Waals surface area contributed by atoms with Crippen molar-refractivity contribution in [3.63, 3.8) is 0 Å². The number of nitrogens with two attached hydrogens (primary N) is 1. The summed E-state index contributed by atoms with van der Waals surface area (Å²) in [5.74, 6) is 0.381. The van der Waals surface area contributed by atoms with Crippen molar-refractivity contribution in [2.24, 2.45) is 5.73 Å². The van der Waals surface area contributed by atoms with Crippen molar-refractivity contribution in [3.8, 4) is 5.75 Å². The van der Waals surface area contributed by atoms with Gasteiger partial charge in [0.2, 0.25) is 0 Å². The van der Waals surface area contributed by atoms with E-state index >= 15 is 0 Å². The molecule has 2 amide bonds. The van der Waals surface area contributed by atoms with E-state index in [2.05, 4.69) is 5.32 Å². The van der Waals surface area contributed by atoms with Crippen LogP contribution in [-0.4, -0.2) is 35.4 Å². The average Bonchev–Trinajstić information content (AvgIpc) is 2.87. The van der Waals surface area contributed by atoms with Crippen molar-refractivity contribution in [1.82, 2.24) is 4.90 Å². The molecule has 2 atom stereocenters. The molecule has 1 saturated carbocycles. The number of nitrogens with one attached hydrogen (secondary N) is 1. The van der Waals surface area contributed by atoms with Crippen LogP contribution >= 0.6 is 0 Å². The summed E-state index contributed by atoms with van der Waals surface area (Å²) in [6.45, 7) is 0.347. The second-order valence-corrected chi connectivity index (χ2v) is 8.67. The second-order valence-electron chi connectivity index (χ2n) is 8.67. The number of anilines is 1. The fraction of sp³-hybridized carbons (Fsp3) is 0.286. The third-order valence-electron chi connectivity index (χ3n) is 6.14. The summed E-state index contributed by atoms with van der Waals surface area (Å²) in [6, 6.07) is 26.1. The van der Waals surface area contributed by atoms with Gasteiger partial charge < -0.3 is 20.7 Å². The number of nitrogens with zero attached hydrogens (tertiary/aromatic N) is 1. The quantitative estimate of drug-likeness (QED) is 0.517. The van der Waals surface area contributed by atoms with E-state index in [0.29, 0.717) is 23.5 Å². The summed E-state index contributed by atoms with van der Waals surface area (Å²) in [5.41, 5.74) is 8.72. The van der Waals surface area contributed by atoms with Crippen LogP contribution in [0, 0.1) is 0 Å². The van der Waals surface area contributed by atoms with Gasteiger partial charge in [-0.2, -0.15) is 0 Å². The van der Waals surface area contributed by atoms with E-state index in [1.807, 2.05) is 89.8 Å². The minimum absolute atomic E-state index is 0.0148. The highest BCUT2D eigenvalue weighted by atomic mass is 16.5. The zero-order chi connectivity index (χ0) is 23.8. The molecule has 1 aliphatic rings. The molecule has 3 aromatic carbocycles. The molecule has 0 saturated heterocycles. The van der Waals surface area contributed by atoms with E-state index in [4.69, 9.17) is 10.5 Å². The Bertz CT molecular complexity index is 1090. The van der Waals surface area contributed by atoms with Gasteiger partial charge in [0.25, 0.3) is 11.8 Å². The molecule has 4 rings (SSSR count). The summed E-state index contributed by atoms with van der Waals surface area (Å²) >= 11 is 0. The van der Waals surface area contributed by atoms with E-state index < -0.39 is 0 Å². The monoisotopic (exact) mass is 457 g/mol. The SMILES string of the molecule is NC1CCCCC1N(Cc1cccc(NC(=O)COc2ccccc2)c1)C(=O)c1ccccc1. The van der Waals surface area contributed by atoms with Gasteiger partial charge in [0.15, 0.2) is 6.61 Å². The van der Waals surface area contributed by atoms with Gasteiger partial charge in [0, 0.05) is 29.9 Å². The average molecular weight is 458 g/mol. The van der Waals surface area contributed by atoms with E-state index in [0.717, 1.165) is 31.2 Å². The summed E-state index contributed by atoms with van der Waals surface area (Å²) < 4.78 is 5.53. The molecule has 0 aliphatic heterocycles. The van der Waals surface area contributed by atoms with Crippen molar-refractivity contribution in [1.29, 1.82) is 0 Å². The molecule has 1 fully saturated rings. The lowest BCUT2D eigenvalue weighted by molar-refractivity contribution is -0.118. The van der Waals surface area contributed by atoms with Crippen LogP contribution in [0.5, 0.6) is 5.75 Å². The fourth-order valence-electron chi connectivity index (χ4n) is 4.42. The predicted molar refractivity (Wildman–Crippen MR) is 134 cm³/mol. The van der Waals surface area contributed by atoms with Crippen LogP contribution in [0.25, 0.3) is 0 Å². The standard InChI is InChI=1S/C28H31N3O3/c29-25-16-7-8-17-26(25)31(28(33)22-11-3-1-4-12-22)19-21-10-9-13-23(18-21)30-27(32)20-34-24-14-5-2-6-15-24/h1-6,9-15,18,25-26H,7-8,16-17,19-20,29H2,(H,30,32). The van der Waals surface area contributed by atoms with Gasteiger partial charge in [-0.1, -0.05) is 61.4 Å². The highest BCUT2D eigenvalue weighted by Crippen LogP contribution is 2.26. The van der Waals surface area contributed by atoms with Gasteiger partial charge in [0.05, 0.1) is 0 Å². The van der Waals surface area contributed by atoms with Gasteiger partial charge >= 0.3 is 0 Å². The van der Waals surface area contributed by atoms with Crippen molar-refractivity contribution in [2.45, 2.75) is 44.3 Å². The molecule has 6 heteroatoms. The molecular weight excluding hydrogens is 426 g/mol. The normalized spacial score (nSPS) is 17.6. The van der Waals surface area contributed by atoms with Gasteiger partial charge in [-0.15, -0.1) is 0 Å². The van der Waals surface area contributed by atoms with E-state index in [-0.39, 0.29) is 30.5 Å². The number of benzene rings is 3. The Kier molecular flexibility index (Phi) is 7.94. The first-order chi connectivity index (χ1) is 16.6. The molecule has 0 aromatic heterocycles. The lowest BCUT2D eigenvalue weighted by Crippen LogP contribution is -2.51. The number of rotatable bonds is 8. The molecule has 0 bridgehead atoms. The van der Waals surface area contributed by atoms with Crippen molar-refractivity contribution >= 4 is 17.5 Å². The first-order valence-electron chi connectivity index (χ1n) is 11.8. The molecule has 1 aliphatic carbocycles. The van der Waals surface area contributed by atoms with Crippen LogP contribution in [0.15, 0.2) is 84.9 Å². The molecule has 3 aromatic rings. The Morgan fingerprint density at radius 1 is 0.912 bits per heavy atom. The molecule has 0 radical (unpaired) electrons. The van der Waals surface area contributed by atoms with E-state index in [9.17, 15) is 9.59 Å². The maximum absolute atomic E-state index is 13.5. The second kappa shape index (κ2) is 11.5. The topological polar surface area (TPSA) is 84.7 Å². The zero-order valence-electron chi connectivity index (χ0n) is 19.2. The smallest absolute Gasteiger partial charge is 0.262 e. The van der Waals surface area contributed by atoms with Crippen molar-refractivity contribution < 1.29 is 14.3 Å². The Balaban J connectivity index is 1.46. The molecule has 3 N–H and O–H groups in total. The molecule has 176 valence electrons. The van der Waals surface area contributed by atoms with Crippen LogP contribution in [0.4, 0.5) is 5.69 Å². The lowest BCUT2D eigenvalue weighted by atomic mass is 9.89. The first-order valence-corrected chi connectivity index (χ1v) is 11.8. The van der Waals surface area contributed by atoms with Crippen LogP contribution in [0.3, 0.4) is 0 Å². The predicted octanol–water partition coefficient (Wildman–Crippen LogP) is 4.62. The van der Waals surface area contributed by atoms with E-state index in [1.165, 1.54) is 0 Å². The lowest BCUT2D eigenvalue weighted by Gasteiger charge is -2.38. The largest absolute Gasteiger partial charge is 0.484 e. The summed E-state index contributed by atoms with van der Waals surface area (Å²) in [5, 5.41) is 2.88. The van der Waals surface area contributed by atoms with Crippen LogP contribution in [-0.2, 0) is 11.3 Å². The molecular formula is C28H31N3O3. The van der Waals surface area contributed by atoms with Gasteiger partial charge in [-0.3, -0.25) is 9.59 Å². The van der Waals surface area contributed by atoms with E-state index in [1.54, 1.807) is 0 Å². The Labute approximate surface area is 200 Å². The third kappa shape index (κ3) is 6.23. The fourth-order valence-corrected chi connectivity index (χ4v) is 4.42. The minimum atomic E-state index is -0.243. The minimum Gasteiger partial charge on any atom is -0.484 e. The summed E-state index contributed by atoms with van der Waals surface area (Å²) in [7, 11) is 0. The number of para-hydroxylation sites is 1. The molecule has 6 nitrogen and oxygen atoms in total. The molecule has 34 heavy (non-hydrogen) atoms. The highest BCUT2D eigenvalue weighted by molar-refractivity contribution is 5.94. The third-order valence-corrected chi connectivity index (χ3v) is 6.14. The highest BCUT2D eigenvalue weighted by Gasteiger charge is 2.31. The number of carbonyl (C=O) groups excluding carboxylic acids is 2. The number of hydrogen-bond donors (Lipinski definition) is 2. The molecule has 0 spiro atoms. The maximum atomic E-state index is 13.5. The van der Waals surface area contributed by atoms with Crippen LogP contribution < -0.4 is 15.8 Å². The Morgan fingerprint density at radius 3 is 2.35 bits per heavy atom. The summed E-state index contributed by atoms with van der Waals surface area (Å²) in [6.07, 6.45) is 3.97. The number of amides is 2. The molecule has 2 unspecified atom stereocenters. The summed E-state index contributed by atoms with van der Waals surface area (Å²) in [4.78, 5) is 27.7. The van der Waals surface area contributed by atoms with Gasteiger partial charge in [-0.05, 0) is 54.8 Å². The maximum Gasteiger partial charge on any atom is 0.262 e. The zero-order valence-corrected chi connectivity index (χ0v) is 19.2. The van der Waals surface area contributed by atoms with Crippen LogP contribution in [0.2, 0.25) is 0 Å². The number of hydrogen-bond acceptors (Lipinski definition) is 4. The van der Waals surface area contributed by atoms with Crippen molar-refractivity contribution in [2.75, 3.05) is 11.9 Å². The van der Waals surface area contributed by atoms with Crippen molar-refractivity contribution in [3.05, 3.63) is 96.1 Å². The van der Waals surface area contributed by atoms with Gasteiger partial charge in [0.1, 0.15) is 5.75 Å². The Morgan fingerprint density at radius 2 is 1.62 bits per heavy atom.